The van der Waals surface area contributed by atoms with Crippen molar-refractivity contribution >= 4 is 25.6 Å². The van der Waals surface area contributed by atoms with Crippen molar-refractivity contribution in [1.82, 2.24) is 0 Å². The largest absolute Gasteiger partial charge is 0.741 e. The molecule has 3 fully saturated rings. The highest BCUT2D eigenvalue weighted by molar-refractivity contribution is 7.86. The predicted octanol–water partition coefficient (Wildman–Crippen LogP) is 4.01. The Morgan fingerprint density at radius 2 is 1.29 bits per heavy atom. The molecule has 3 saturated heterocycles. The molecule has 126 valence electrons. The van der Waals surface area contributed by atoms with Gasteiger partial charge in [0.05, 0.1) is 18.5 Å². The van der Waals surface area contributed by atoms with Crippen LogP contribution in [0.15, 0.2) is 0 Å². The van der Waals surface area contributed by atoms with Gasteiger partial charge in [0.1, 0.15) is 0 Å². The third-order valence-electron chi connectivity index (χ3n) is 3.63. The minimum atomic E-state index is -6.09. The summed E-state index contributed by atoms with van der Waals surface area (Å²) in [6.07, 6.45) is 12.1. The van der Waals surface area contributed by atoms with Crippen LogP contribution in [-0.2, 0) is 10.1 Å². The second-order valence-electron chi connectivity index (χ2n) is 5.36. The zero-order chi connectivity index (χ0) is 16.1. The molecule has 3 aliphatic heterocycles. The smallest absolute Gasteiger partial charge is 0.485 e. The van der Waals surface area contributed by atoms with Gasteiger partial charge < -0.3 is 4.55 Å². The maximum absolute atomic E-state index is 14.3. The number of fused-ring (bicyclic) bond motifs is 7. The van der Waals surface area contributed by atoms with Gasteiger partial charge in [0, 0.05) is 0 Å². The van der Waals surface area contributed by atoms with E-state index in [0.717, 1.165) is 18.5 Å². The van der Waals surface area contributed by atoms with E-state index in [4.69, 9.17) is 13.0 Å². The lowest BCUT2D eigenvalue weighted by molar-refractivity contribution is -0.0517. The van der Waals surface area contributed by atoms with Crippen molar-refractivity contribution in [2.75, 3.05) is 37.0 Å². The average molecular weight is 370 g/mol. The SMILES string of the molecule is F[P+]12CCCCP(CCC1)CCC2.O=S(=O)([O-])C(F)(F)F. The lowest BCUT2D eigenvalue weighted by Crippen LogP contribution is -2.21. The summed E-state index contributed by atoms with van der Waals surface area (Å²) in [6.45, 7) is 0. The summed E-state index contributed by atoms with van der Waals surface area (Å²) < 4.78 is 73.2. The van der Waals surface area contributed by atoms with E-state index in [9.17, 15) is 17.4 Å². The summed E-state index contributed by atoms with van der Waals surface area (Å²) in [6, 6.07) is 0. The highest BCUT2D eigenvalue weighted by Crippen LogP contribution is 2.65. The fraction of sp³-hybridized carbons (Fsp3) is 1.00. The minimum absolute atomic E-state index is 0.334. The van der Waals surface area contributed by atoms with Gasteiger partial charge >= 0.3 is 5.51 Å². The zero-order valence-electron chi connectivity index (χ0n) is 11.6. The molecule has 3 heterocycles. The van der Waals surface area contributed by atoms with E-state index in [1.54, 1.807) is 0 Å². The molecule has 3 nitrogen and oxygen atoms in total. The Morgan fingerprint density at radius 3 is 1.71 bits per heavy atom. The fourth-order valence-electron chi connectivity index (χ4n) is 2.56. The first kappa shape index (κ1) is 19.5. The van der Waals surface area contributed by atoms with Crippen LogP contribution in [0.3, 0.4) is 0 Å². The lowest BCUT2D eigenvalue weighted by atomic mass is 10.4. The first-order valence-corrected chi connectivity index (χ1v) is 12.4. The van der Waals surface area contributed by atoms with Crippen LogP contribution in [-0.4, -0.2) is 55.5 Å². The van der Waals surface area contributed by atoms with Crippen molar-refractivity contribution in [3.8, 4) is 0 Å². The summed E-state index contributed by atoms with van der Waals surface area (Å²) in [5.41, 5.74) is -5.65. The van der Waals surface area contributed by atoms with Crippen molar-refractivity contribution < 1.29 is 30.3 Å². The van der Waals surface area contributed by atoms with Crippen LogP contribution in [0.4, 0.5) is 17.4 Å². The first-order valence-electron chi connectivity index (χ1n) is 6.84. The van der Waals surface area contributed by atoms with Crippen molar-refractivity contribution in [1.29, 1.82) is 0 Å². The number of alkyl halides is 3. The summed E-state index contributed by atoms with van der Waals surface area (Å²) >= 11 is 0. The van der Waals surface area contributed by atoms with Gasteiger partial charge in [-0.05, 0) is 44.2 Å². The maximum atomic E-state index is 14.3. The lowest BCUT2D eigenvalue weighted by Gasteiger charge is -2.21. The third-order valence-corrected chi connectivity index (χ3v) is 10.4. The van der Waals surface area contributed by atoms with E-state index in [2.05, 4.69) is 0 Å². The molecule has 0 aromatic rings. The molecule has 0 atom stereocenters. The summed E-state index contributed by atoms with van der Waals surface area (Å²) in [5.74, 6) is 0. The molecule has 0 radical (unpaired) electrons. The van der Waals surface area contributed by atoms with Crippen LogP contribution < -0.4 is 0 Å². The molecular weight excluding hydrogens is 350 g/mol. The van der Waals surface area contributed by atoms with E-state index in [1.807, 2.05) is 0 Å². The molecule has 0 aromatic carbocycles. The average Bonchev–Trinajstić information content (AvgIpc) is 2.43. The normalized spacial score (nSPS) is 31.2. The van der Waals surface area contributed by atoms with Crippen LogP contribution in [0.25, 0.3) is 0 Å². The molecule has 0 spiro atoms. The van der Waals surface area contributed by atoms with Crippen LogP contribution in [0.2, 0.25) is 0 Å². The van der Waals surface area contributed by atoms with E-state index in [-0.39, 0.29) is 0 Å². The standard InChI is InChI=1S/C10H20FP2.CHF3O3S/c11-13-8-2-1-5-12(6-3-9-13)7-4-10-13;2-1(3,4)8(5,6)7/h1-10H2;(H,5,6,7)/q+1;/p-1. The van der Waals surface area contributed by atoms with Gasteiger partial charge in [-0.3, -0.25) is 0 Å². The van der Waals surface area contributed by atoms with Gasteiger partial charge in [0.2, 0.25) is 7.57 Å². The Balaban J connectivity index is 0.000000240. The van der Waals surface area contributed by atoms with Crippen molar-refractivity contribution in [2.45, 2.75) is 31.2 Å². The fourth-order valence-corrected chi connectivity index (χ4v) is 8.52. The Bertz CT molecular complexity index is 412. The van der Waals surface area contributed by atoms with Gasteiger partial charge in [0.25, 0.3) is 0 Å². The van der Waals surface area contributed by atoms with Gasteiger partial charge in [-0.2, -0.15) is 13.2 Å². The highest BCUT2D eigenvalue weighted by atomic mass is 32.2. The van der Waals surface area contributed by atoms with Gasteiger partial charge in [-0.1, -0.05) is 4.20 Å². The molecule has 0 saturated carbocycles. The first-order chi connectivity index (χ1) is 9.54. The minimum Gasteiger partial charge on any atom is -0.741 e. The number of halogens is 4. The molecule has 0 unspecified atom stereocenters. The molecule has 3 aliphatic rings. The highest BCUT2D eigenvalue weighted by Gasteiger charge is 2.40. The van der Waals surface area contributed by atoms with E-state index in [0.29, 0.717) is 7.92 Å². The van der Waals surface area contributed by atoms with Crippen LogP contribution in [0.1, 0.15) is 25.7 Å². The molecular formula is C11H20F4O3P2S. The summed E-state index contributed by atoms with van der Waals surface area (Å²) in [5, 5.41) is 0. The molecule has 3 rings (SSSR count). The third kappa shape index (κ3) is 7.06. The quantitative estimate of drug-likeness (QED) is 0.280. The Morgan fingerprint density at radius 1 is 0.905 bits per heavy atom. The second kappa shape index (κ2) is 7.85. The molecule has 0 aliphatic carbocycles. The van der Waals surface area contributed by atoms with Crippen LogP contribution in [0.5, 0.6) is 0 Å². The predicted molar refractivity (Wildman–Crippen MR) is 78.4 cm³/mol. The molecule has 0 N–H and O–H groups in total. The monoisotopic (exact) mass is 370 g/mol. The molecule has 21 heavy (non-hydrogen) atoms. The topological polar surface area (TPSA) is 57.2 Å². The zero-order valence-corrected chi connectivity index (χ0v) is 14.2. The molecule has 10 heteroatoms. The second-order valence-corrected chi connectivity index (χ2v) is 12.8. The van der Waals surface area contributed by atoms with E-state index in [1.165, 1.54) is 44.2 Å². The van der Waals surface area contributed by atoms with Crippen molar-refractivity contribution in [2.24, 2.45) is 0 Å². The van der Waals surface area contributed by atoms with Gasteiger partial charge in [-0.15, -0.1) is 7.92 Å². The van der Waals surface area contributed by atoms with Gasteiger partial charge in [-0.25, -0.2) is 8.42 Å². The Hall–Kier alpha value is 0.490. The Labute approximate surface area is 124 Å². The van der Waals surface area contributed by atoms with Crippen LogP contribution in [0, 0.1) is 0 Å². The number of hydrogen-bond donors (Lipinski definition) is 0. The number of rotatable bonds is 0. The number of hydrogen-bond acceptors (Lipinski definition) is 3. The molecule has 0 aromatic heterocycles. The Kier molecular flexibility index (Phi) is 7.30. The van der Waals surface area contributed by atoms with Gasteiger partial charge in [0.15, 0.2) is 10.1 Å². The van der Waals surface area contributed by atoms with E-state index >= 15 is 0 Å². The van der Waals surface area contributed by atoms with Crippen molar-refractivity contribution in [3.05, 3.63) is 0 Å². The summed E-state index contributed by atoms with van der Waals surface area (Å²) in [7, 11) is -7.67. The molecule has 2 bridgehead atoms. The maximum Gasteiger partial charge on any atom is 0.485 e. The molecule has 0 amide bonds. The van der Waals surface area contributed by atoms with Crippen LogP contribution >= 0.6 is 15.5 Å². The van der Waals surface area contributed by atoms with Crippen molar-refractivity contribution in [3.63, 3.8) is 0 Å². The summed E-state index contributed by atoms with van der Waals surface area (Å²) in [4.78, 5) is 0. The van der Waals surface area contributed by atoms with E-state index < -0.39 is 23.2 Å².